The molecule has 1 saturated heterocycles. The minimum atomic E-state index is 0.816. The van der Waals surface area contributed by atoms with Crippen LogP contribution in [0.3, 0.4) is 0 Å². The Morgan fingerprint density at radius 2 is 1.83 bits per heavy atom. The smallest absolute Gasteiger partial charge is 0.0667 e. The molecule has 3 heteroatoms. The van der Waals surface area contributed by atoms with Crippen LogP contribution in [0.25, 0.3) is 0 Å². The maximum atomic E-state index is 6.03. The Morgan fingerprint density at radius 1 is 1.17 bits per heavy atom. The van der Waals surface area contributed by atoms with Gasteiger partial charge in [0, 0.05) is 24.3 Å². The van der Waals surface area contributed by atoms with Crippen molar-refractivity contribution in [1.82, 2.24) is 5.01 Å². The Bertz CT molecular complexity index is 429. The molecule has 2 rings (SSSR count). The highest BCUT2D eigenvalue weighted by Crippen LogP contribution is 2.16. The maximum Gasteiger partial charge on any atom is 0.0667 e. The summed E-state index contributed by atoms with van der Waals surface area (Å²) in [7, 11) is 0. The Labute approximate surface area is 110 Å². The fourth-order valence-electron chi connectivity index (χ4n) is 2.40. The molecule has 1 aliphatic heterocycles. The van der Waals surface area contributed by atoms with Crippen molar-refractivity contribution in [2.24, 2.45) is 5.10 Å². The second kappa shape index (κ2) is 5.89. The van der Waals surface area contributed by atoms with Gasteiger partial charge in [-0.1, -0.05) is 24.5 Å². The molecule has 2 N–H and O–H groups in total. The van der Waals surface area contributed by atoms with Crippen molar-refractivity contribution >= 4 is 11.4 Å². The van der Waals surface area contributed by atoms with Crippen molar-refractivity contribution < 1.29 is 0 Å². The van der Waals surface area contributed by atoms with E-state index in [1.807, 2.05) is 12.1 Å². The largest absolute Gasteiger partial charge is 0.398 e. The van der Waals surface area contributed by atoms with E-state index in [1.165, 1.54) is 31.2 Å². The van der Waals surface area contributed by atoms with Gasteiger partial charge < -0.3 is 5.73 Å². The number of hydrogen-bond acceptors (Lipinski definition) is 3. The van der Waals surface area contributed by atoms with E-state index in [0.717, 1.165) is 30.1 Å². The fraction of sp³-hybridized carbons (Fsp3) is 0.533. The average Bonchev–Trinajstić information content (AvgIpc) is 2.61. The third-order valence-corrected chi connectivity index (χ3v) is 3.47. The number of rotatable bonds is 2. The lowest BCUT2D eigenvalue weighted by atomic mass is 10.1. The Hall–Kier alpha value is -1.51. The van der Waals surface area contributed by atoms with Crippen molar-refractivity contribution in [1.29, 1.82) is 0 Å². The molecule has 1 aromatic rings. The van der Waals surface area contributed by atoms with E-state index < -0.39 is 0 Å². The second-order valence-electron chi connectivity index (χ2n) is 5.14. The van der Waals surface area contributed by atoms with Gasteiger partial charge in [0.25, 0.3) is 0 Å². The number of aryl methyl sites for hydroxylation is 1. The summed E-state index contributed by atoms with van der Waals surface area (Å²) in [6.07, 6.45) is 5.16. The average molecular weight is 245 g/mol. The lowest BCUT2D eigenvalue weighted by Crippen LogP contribution is -2.20. The van der Waals surface area contributed by atoms with Crippen LogP contribution >= 0.6 is 0 Å². The Balaban J connectivity index is 2.18. The van der Waals surface area contributed by atoms with E-state index in [2.05, 4.69) is 24.9 Å². The third-order valence-electron chi connectivity index (χ3n) is 3.47. The zero-order chi connectivity index (χ0) is 13.0. The number of nitrogens with zero attached hydrogens (tertiary/aromatic N) is 2. The first kappa shape index (κ1) is 12.9. The second-order valence-corrected chi connectivity index (χ2v) is 5.14. The molecule has 0 bridgehead atoms. The number of nitrogen functional groups attached to an aromatic ring is 1. The maximum absolute atomic E-state index is 6.03. The van der Waals surface area contributed by atoms with Crippen LogP contribution in [0.1, 0.15) is 43.7 Å². The SMILES string of the molecule is C/C(=N\N1CCCCCC1)c1cc(C)ccc1N. The summed E-state index contributed by atoms with van der Waals surface area (Å²) >= 11 is 0. The normalized spacial score (nSPS) is 17.7. The molecule has 0 saturated carbocycles. The first-order valence-corrected chi connectivity index (χ1v) is 6.83. The van der Waals surface area contributed by atoms with Crippen molar-refractivity contribution in [3.63, 3.8) is 0 Å². The van der Waals surface area contributed by atoms with Gasteiger partial charge in [-0.15, -0.1) is 0 Å². The number of hydrogen-bond donors (Lipinski definition) is 1. The van der Waals surface area contributed by atoms with Gasteiger partial charge in [0.05, 0.1) is 5.71 Å². The zero-order valence-corrected chi connectivity index (χ0v) is 11.4. The molecule has 1 aromatic carbocycles. The topological polar surface area (TPSA) is 41.6 Å². The van der Waals surface area contributed by atoms with Gasteiger partial charge in [0.15, 0.2) is 0 Å². The molecule has 1 fully saturated rings. The van der Waals surface area contributed by atoms with Gasteiger partial charge in [0.1, 0.15) is 0 Å². The van der Waals surface area contributed by atoms with Crippen molar-refractivity contribution in [2.45, 2.75) is 39.5 Å². The van der Waals surface area contributed by atoms with E-state index in [1.54, 1.807) is 0 Å². The molecule has 0 aliphatic carbocycles. The van der Waals surface area contributed by atoms with Crippen LogP contribution in [-0.2, 0) is 0 Å². The van der Waals surface area contributed by atoms with Crippen molar-refractivity contribution in [3.8, 4) is 0 Å². The summed E-state index contributed by atoms with van der Waals surface area (Å²) in [5.74, 6) is 0. The molecule has 0 unspecified atom stereocenters. The molecule has 18 heavy (non-hydrogen) atoms. The van der Waals surface area contributed by atoms with Gasteiger partial charge in [-0.3, -0.25) is 5.01 Å². The van der Waals surface area contributed by atoms with Crippen LogP contribution in [0.15, 0.2) is 23.3 Å². The Morgan fingerprint density at radius 3 is 2.50 bits per heavy atom. The molecule has 3 nitrogen and oxygen atoms in total. The summed E-state index contributed by atoms with van der Waals surface area (Å²) < 4.78 is 0. The predicted octanol–water partition coefficient (Wildman–Crippen LogP) is 3.18. The highest BCUT2D eigenvalue weighted by Gasteiger charge is 2.09. The molecule has 1 heterocycles. The third kappa shape index (κ3) is 3.25. The molecular formula is C15H23N3. The molecule has 0 atom stereocenters. The fourth-order valence-corrected chi connectivity index (χ4v) is 2.40. The van der Waals surface area contributed by atoms with E-state index in [4.69, 9.17) is 10.8 Å². The monoisotopic (exact) mass is 245 g/mol. The Kier molecular flexibility index (Phi) is 4.24. The number of hydrazone groups is 1. The molecule has 98 valence electrons. The van der Waals surface area contributed by atoms with Crippen molar-refractivity contribution in [3.05, 3.63) is 29.3 Å². The molecule has 0 radical (unpaired) electrons. The van der Waals surface area contributed by atoms with Gasteiger partial charge in [-0.2, -0.15) is 5.10 Å². The number of nitrogens with two attached hydrogens (primary N) is 1. The van der Waals surface area contributed by atoms with E-state index in [-0.39, 0.29) is 0 Å². The van der Waals surface area contributed by atoms with Gasteiger partial charge in [-0.25, -0.2) is 0 Å². The van der Waals surface area contributed by atoms with Crippen LogP contribution in [0.5, 0.6) is 0 Å². The van der Waals surface area contributed by atoms with Gasteiger partial charge in [0.2, 0.25) is 0 Å². The van der Waals surface area contributed by atoms with Crippen LogP contribution in [0, 0.1) is 6.92 Å². The molecule has 1 aliphatic rings. The quantitative estimate of drug-likeness (QED) is 0.642. The van der Waals surface area contributed by atoms with Crippen LogP contribution in [0.2, 0.25) is 0 Å². The summed E-state index contributed by atoms with van der Waals surface area (Å²) in [6.45, 7) is 6.28. The molecule has 0 amide bonds. The van der Waals surface area contributed by atoms with Crippen molar-refractivity contribution in [2.75, 3.05) is 18.8 Å². The zero-order valence-electron chi connectivity index (χ0n) is 11.4. The standard InChI is InChI=1S/C15H23N3/c1-12-7-8-15(16)14(11-12)13(2)17-18-9-5-3-4-6-10-18/h7-8,11H,3-6,9-10,16H2,1-2H3/b17-13+. The first-order chi connectivity index (χ1) is 8.66. The highest BCUT2D eigenvalue weighted by molar-refractivity contribution is 6.03. The molecule has 0 spiro atoms. The van der Waals surface area contributed by atoms with Crippen LogP contribution in [0.4, 0.5) is 5.69 Å². The summed E-state index contributed by atoms with van der Waals surface area (Å²) in [5, 5.41) is 6.94. The van der Waals surface area contributed by atoms with Gasteiger partial charge in [-0.05, 0) is 38.8 Å². The lowest BCUT2D eigenvalue weighted by Gasteiger charge is -2.18. The van der Waals surface area contributed by atoms with Crippen LogP contribution in [-0.4, -0.2) is 23.8 Å². The molecule has 0 aromatic heterocycles. The molecular weight excluding hydrogens is 222 g/mol. The lowest BCUT2D eigenvalue weighted by molar-refractivity contribution is 0.301. The highest BCUT2D eigenvalue weighted by atomic mass is 15.4. The summed E-state index contributed by atoms with van der Waals surface area (Å²) in [5.41, 5.74) is 10.2. The van der Waals surface area contributed by atoms with E-state index in [9.17, 15) is 0 Å². The van der Waals surface area contributed by atoms with Gasteiger partial charge >= 0.3 is 0 Å². The minimum absolute atomic E-state index is 0.816. The number of benzene rings is 1. The summed E-state index contributed by atoms with van der Waals surface area (Å²) in [4.78, 5) is 0. The number of anilines is 1. The van der Waals surface area contributed by atoms with Crippen LogP contribution < -0.4 is 5.73 Å². The van der Waals surface area contributed by atoms with E-state index >= 15 is 0 Å². The minimum Gasteiger partial charge on any atom is -0.398 e. The summed E-state index contributed by atoms with van der Waals surface area (Å²) in [6, 6.07) is 6.12. The van der Waals surface area contributed by atoms with E-state index in [0.29, 0.717) is 0 Å². The first-order valence-electron chi connectivity index (χ1n) is 6.83. The predicted molar refractivity (Wildman–Crippen MR) is 77.8 cm³/mol.